The second-order valence-electron chi connectivity index (χ2n) is 4.69. The number of ether oxygens (including phenoxy) is 2. The average molecular weight is 386 g/mol. The summed E-state index contributed by atoms with van der Waals surface area (Å²) in [5, 5.41) is 3.38. The van der Waals surface area contributed by atoms with Crippen LogP contribution in [0.3, 0.4) is 0 Å². The smallest absolute Gasteiger partial charge is 0.231 e. The minimum Gasteiger partial charge on any atom is -0.454 e. The molecule has 1 aromatic rings. The summed E-state index contributed by atoms with van der Waals surface area (Å²) in [6.07, 6.45) is 0. The number of piperazine rings is 1. The summed E-state index contributed by atoms with van der Waals surface area (Å²) in [6.45, 7) is 6.87. The Bertz CT molecular complexity index is 456. The number of nitrogens with one attached hydrogen (secondary N) is 1. The van der Waals surface area contributed by atoms with Gasteiger partial charge in [0, 0.05) is 36.7 Å². The van der Waals surface area contributed by atoms with Crippen molar-refractivity contribution in [3.8, 4) is 11.5 Å². The van der Waals surface area contributed by atoms with E-state index in [0.29, 0.717) is 12.8 Å². The van der Waals surface area contributed by atoms with Gasteiger partial charge >= 0.3 is 0 Å². The van der Waals surface area contributed by atoms with Gasteiger partial charge in [-0.3, -0.25) is 4.90 Å². The molecule has 4 nitrogen and oxygen atoms in total. The van der Waals surface area contributed by atoms with E-state index >= 15 is 0 Å². The highest BCUT2D eigenvalue weighted by molar-refractivity contribution is 9.10. The fraction of sp³-hybridized carbons (Fsp3) is 0.538. The minimum absolute atomic E-state index is 0. The second-order valence-corrected chi connectivity index (χ2v) is 5.54. The third kappa shape index (κ3) is 3.52. The molecule has 0 aromatic heterocycles. The summed E-state index contributed by atoms with van der Waals surface area (Å²) in [6, 6.07) is 4.49. The van der Waals surface area contributed by atoms with Gasteiger partial charge in [0.2, 0.25) is 6.79 Å². The lowest BCUT2D eigenvalue weighted by Gasteiger charge is -2.33. The van der Waals surface area contributed by atoms with Crippen LogP contribution in [0, 0.1) is 0 Å². The van der Waals surface area contributed by atoms with Crippen molar-refractivity contribution in [1.29, 1.82) is 0 Å². The van der Waals surface area contributed by atoms with E-state index in [1.54, 1.807) is 0 Å². The summed E-state index contributed by atoms with van der Waals surface area (Å²) in [7, 11) is 0. The molecule has 3 rings (SSSR count). The molecular formula is C13H19BrCl2N2O2. The van der Waals surface area contributed by atoms with Gasteiger partial charge in [-0.1, -0.05) is 15.9 Å². The summed E-state index contributed by atoms with van der Waals surface area (Å²) < 4.78 is 11.9. The highest BCUT2D eigenvalue weighted by atomic mass is 79.9. The lowest BCUT2D eigenvalue weighted by atomic mass is 10.1. The molecule has 0 saturated carbocycles. The van der Waals surface area contributed by atoms with Crippen LogP contribution >= 0.6 is 40.7 Å². The van der Waals surface area contributed by atoms with Gasteiger partial charge < -0.3 is 14.8 Å². The van der Waals surface area contributed by atoms with Gasteiger partial charge in [-0.25, -0.2) is 0 Å². The first-order chi connectivity index (χ1) is 8.75. The van der Waals surface area contributed by atoms with Crippen molar-refractivity contribution in [2.75, 3.05) is 33.0 Å². The van der Waals surface area contributed by atoms with Gasteiger partial charge in [0.05, 0.1) is 0 Å². The third-order valence-corrected chi connectivity index (χ3v) is 4.33. The molecule has 1 aromatic carbocycles. The third-order valence-electron chi connectivity index (χ3n) is 3.64. The topological polar surface area (TPSA) is 33.7 Å². The van der Waals surface area contributed by atoms with Gasteiger partial charge in [-0.05, 0) is 24.6 Å². The van der Waals surface area contributed by atoms with Crippen LogP contribution in [0.5, 0.6) is 11.5 Å². The highest BCUT2D eigenvalue weighted by Crippen LogP contribution is 2.40. The van der Waals surface area contributed by atoms with E-state index < -0.39 is 0 Å². The summed E-state index contributed by atoms with van der Waals surface area (Å²) in [4.78, 5) is 2.48. The van der Waals surface area contributed by atoms with Crippen molar-refractivity contribution >= 4 is 40.7 Å². The van der Waals surface area contributed by atoms with Crippen LogP contribution in [0.2, 0.25) is 0 Å². The summed E-state index contributed by atoms with van der Waals surface area (Å²) >= 11 is 3.64. The van der Waals surface area contributed by atoms with Crippen molar-refractivity contribution in [2.45, 2.75) is 13.0 Å². The van der Waals surface area contributed by atoms with Gasteiger partial charge in [-0.2, -0.15) is 0 Å². The second kappa shape index (κ2) is 7.71. The fourth-order valence-corrected chi connectivity index (χ4v) is 3.17. The van der Waals surface area contributed by atoms with Crippen molar-refractivity contribution < 1.29 is 9.47 Å². The van der Waals surface area contributed by atoms with Crippen LogP contribution in [0.15, 0.2) is 16.6 Å². The Morgan fingerprint density at radius 3 is 2.40 bits per heavy atom. The predicted octanol–water partition coefficient (Wildman–Crippen LogP) is 2.99. The molecule has 20 heavy (non-hydrogen) atoms. The quantitative estimate of drug-likeness (QED) is 0.848. The number of fused-ring (bicyclic) bond motifs is 1. The maximum Gasteiger partial charge on any atom is 0.231 e. The zero-order valence-electron chi connectivity index (χ0n) is 11.2. The molecular weight excluding hydrogens is 367 g/mol. The Kier molecular flexibility index (Phi) is 6.88. The Balaban J connectivity index is 0.000001000. The maximum absolute atomic E-state index is 5.46. The standard InChI is InChI=1S/C13H17BrN2O2.2ClH/c1-9(16-4-2-15-3-5-16)10-6-12-13(7-11(10)14)18-8-17-12;;/h6-7,9,15H,2-5,8H2,1H3;2*1H/t9-;;/m0../s1. The average Bonchev–Trinajstić information content (AvgIpc) is 2.85. The molecule has 1 fully saturated rings. The number of hydrogen-bond acceptors (Lipinski definition) is 4. The van der Waals surface area contributed by atoms with E-state index in [0.717, 1.165) is 42.2 Å². The summed E-state index contributed by atoms with van der Waals surface area (Å²) in [5.74, 6) is 1.69. The zero-order valence-corrected chi connectivity index (χ0v) is 14.4. The fourth-order valence-electron chi connectivity index (χ4n) is 2.52. The van der Waals surface area contributed by atoms with Crippen LogP contribution in [-0.4, -0.2) is 37.9 Å². The lowest BCUT2D eigenvalue weighted by Crippen LogP contribution is -2.44. The van der Waals surface area contributed by atoms with Crippen LogP contribution in [0.1, 0.15) is 18.5 Å². The van der Waals surface area contributed by atoms with Crippen molar-refractivity contribution in [3.63, 3.8) is 0 Å². The van der Waals surface area contributed by atoms with Crippen molar-refractivity contribution in [3.05, 3.63) is 22.2 Å². The molecule has 2 aliphatic heterocycles. The first kappa shape index (κ1) is 17.9. The molecule has 0 aliphatic carbocycles. The normalized spacial score (nSPS) is 18.9. The molecule has 1 N–H and O–H groups in total. The van der Waals surface area contributed by atoms with Crippen LogP contribution in [0.4, 0.5) is 0 Å². The molecule has 1 saturated heterocycles. The minimum atomic E-state index is 0. The van der Waals surface area contributed by atoms with E-state index in [2.05, 4.69) is 39.1 Å². The van der Waals surface area contributed by atoms with Gasteiger partial charge in [-0.15, -0.1) is 24.8 Å². The maximum atomic E-state index is 5.46. The molecule has 0 spiro atoms. The Morgan fingerprint density at radius 2 is 1.75 bits per heavy atom. The largest absolute Gasteiger partial charge is 0.454 e. The molecule has 0 bridgehead atoms. The SMILES string of the molecule is C[C@@H](c1cc2c(cc1Br)OCO2)N1CCNCC1.Cl.Cl. The first-order valence-corrected chi connectivity index (χ1v) is 7.09. The predicted molar refractivity (Wildman–Crippen MR) is 87.6 cm³/mol. The van der Waals surface area contributed by atoms with E-state index in [-0.39, 0.29) is 24.8 Å². The van der Waals surface area contributed by atoms with Gasteiger partial charge in [0.25, 0.3) is 0 Å². The highest BCUT2D eigenvalue weighted by Gasteiger charge is 2.23. The molecule has 7 heteroatoms. The van der Waals surface area contributed by atoms with Crippen LogP contribution < -0.4 is 14.8 Å². The van der Waals surface area contributed by atoms with E-state index in [9.17, 15) is 0 Å². The number of rotatable bonds is 2. The van der Waals surface area contributed by atoms with E-state index in [4.69, 9.17) is 9.47 Å². The molecule has 1 atom stereocenters. The molecule has 0 radical (unpaired) electrons. The molecule has 2 aliphatic rings. The Hall–Kier alpha value is -0.200. The number of halogens is 3. The van der Waals surface area contributed by atoms with Crippen molar-refractivity contribution in [1.82, 2.24) is 10.2 Å². The van der Waals surface area contributed by atoms with E-state index in [1.807, 2.05) is 6.07 Å². The number of hydrogen-bond donors (Lipinski definition) is 1. The van der Waals surface area contributed by atoms with Gasteiger partial charge in [0.1, 0.15) is 0 Å². The number of nitrogens with zero attached hydrogens (tertiary/aromatic N) is 1. The van der Waals surface area contributed by atoms with Crippen LogP contribution in [-0.2, 0) is 0 Å². The van der Waals surface area contributed by atoms with E-state index in [1.165, 1.54) is 5.56 Å². The Morgan fingerprint density at radius 1 is 1.15 bits per heavy atom. The molecule has 2 heterocycles. The van der Waals surface area contributed by atoms with Crippen molar-refractivity contribution in [2.24, 2.45) is 0 Å². The first-order valence-electron chi connectivity index (χ1n) is 6.29. The van der Waals surface area contributed by atoms with Crippen LogP contribution in [0.25, 0.3) is 0 Å². The molecule has 114 valence electrons. The lowest BCUT2D eigenvalue weighted by molar-refractivity contribution is 0.173. The molecule has 0 unspecified atom stereocenters. The Labute approximate surface area is 140 Å². The zero-order chi connectivity index (χ0) is 12.5. The monoisotopic (exact) mass is 384 g/mol. The number of benzene rings is 1. The van der Waals surface area contributed by atoms with Gasteiger partial charge in [0.15, 0.2) is 11.5 Å². The summed E-state index contributed by atoms with van der Waals surface area (Å²) in [5.41, 5.74) is 1.26. The molecule has 0 amide bonds.